The fourth-order valence-corrected chi connectivity index (χ4v) is 2.77. The van der Waals surface area contributed by atoms with Crippen LogP contribution in [0.1, 0.15) is 16.8 Å². The van der Waals surface area contributed by atoms with E-state index in [1.54, 1.807) is 0 Å². The summed E-state index contributed by atoms with van der Waals surface area (Å²) in [5.41, 5.74) is 4.19. The molecular formula is C18H15IN2O2. The number of halogens is 1. The molecule has 116 valence electrons. The zero-order chi connectivity index (χ0) is 16.4. The van der Waals surface area contributed by atoms with Crippen LogP contribution in [-0.2, 0) is 0 Å². The topological polar surface area (TPSA) is 58.6 Å². The molecule has 1 aromatic heterocycles. The lowest BCUT2D eigenvalue weighted by atomic mass is 10.1. The highest BCUT2D eigenvalue weighted by Gasteiger charge is 2.12. The smallest absolute Gasteiger partial charge is 0.312 e. The molecule has 0 bridgehead atoms. The SMILES string of the molecule is Cc1ccc(-c2nc(C=Nc3ccc(I)cc3C)c(O)o2)cc1. The molecule has 1 N–H and O–H groups in total. The van der Waals surface area contributed by atoms with Crippen molar-refractivity contribution in [3.63, 3.8) is 0 Å². The summed E-state index contributed by atoms with van der Waals surface area (Å²) in [6.45, 7) is 4.01. The number of rotatable bonds is 3. The lowest BCUT2D eigenvalue weighted by molar-refractivity contribution is 0.337. The first-order valence-electron chi connectivity index (χ1n) is 7.10. The molecule has 0 fully saturated rings. The third kappa shape index (κ3) is 3.61. The van der Waals surface area contributed by atoms with Gasteiger partial charge in [-0.1, -0.05) is 17.7 Å². The van der Waals surface area contributed by atoms with Crippen LogP contribution in [0.5, 0.6) is 5.95 Å². The van der Waals surface area contributed by atoms with Crippen LogP contribution in [0.2, 0.25) is 0 Å². The molecule has 5 heteroatoms. The van der Waals surface area contributed by atoms with E-state index in [2.05, 4.69) is 32.6 Å². The van der Waals surface area contributed by atoms with Crippen molar-refractivity contribution in [1.82, 2.24) is 4.98 Å². The second-order valence-corrected chi connectivity index (χ2v) is 6.51. The van der Waals surface area contributed by atoms with Crippen LogP contribution in [0.25, 0.3) is 11.5 Å². The molecule has 0 spiro atoms. The molecule has 2 aromatic carbocycles. The van der Waals surface area contributed by atoms with Crippen LogP contribution < -0.4 is 0 Å². The van der Waals surface area contributed by atoms with Gasteiger partial charge in [-0.25, -0.2) is 4.98 Å². The molecule has 0 aliphatic heterocycles. The Balaban J connectivity index is 1.89. The first kappa shape index (κ1) is 15.7. The molecule has 1 heterocycles. The van der Waals surface area contributed by atoms with Crippen molar-refractivity contribution >= 4 is 34.5 Å². The van der Waals surface area contributed by atoms with Crippen molar-refractivity contribution < 1.29 is 9.52 Å². The molecule has 0 aliphatic carbocycles. The second-order valence-electron chi connectivity index (χ2n) is 5.26. The summed E-state index contributed by atoms with van der Waals surface area (Å²) >= 11 is 2.26. The van der Waals surface area contributed by atoms with Gasteiger partial charge in [0.1, 0.15) is 0 Å². The standard InChI is InChI=1S/C18H15IN2O2/c1-11-3-5-13(6-4-11)17-21-16(18(22)23-17)10-20-15-8-7-14(19)9-12(15)2/h3-10,22H,1-2H3. The maximum Gasteiger partial charge on any atom is 0.312 e. The predicted octanol–water partition coefficient (Wildman–Crippen LogP) is 5.02. The Morgan fingerprint density at radius 1 is 1.13 bits per heavy atom. The van der Waals surface area contributed by atoms with E-state index in [1.807, 2.05) is 56.3 Å². The Hall–Kier alpha value is -2.15. The zero-order valence-electron chi connectivity index (χ0n) is 12.7. The van der Waals surface area contributed by atoms with Crippen molar-refractivity contribution in [2.24, 2.45) is 4.99 Å². The molecule has 0 atom stereocenters. The number of oxazole rings is 1. The summed E-state index contributed by atoms with van der Waals surface area (Å²) < 4.78 is 6.49. The quantitative estimate of drug-likeness (QED) is 0.480. The van der Waals surface area contributed by atoms with Crippen molar-refractivity contribution in [2.45, 2.75) is 13.8 Å². The number of aromatic nitrogens is 1. The van der Waals surface area contributed by atoms with Crippen LogP contribution in [0.15, 0.2) is 51.9 Å². The minimum absolute atomic E-state index is 0.229. The highest BCUT2D eigenvalue weighted by atomic mass is 127. The van der Waals surface area contributed by atoms with E-state index in [4.69, 9.17) is 4.42 Å². The zero-order valence-corrected chi connectivity index (χ0v) is 14.9. The first-order chi connectivity index (χ1) is 11.0. The summed E-state index contributed by atoms with van der Waals surface area (Å²) in [6.07, 6.45) is 1.52. The third-order valence-corrected chi connectivity index (χ3v) is 4.09. The van der Waals surface area contributed by atoms with E-state index in [0.717, 1.165) is 25.9 Å². The maximum atomic E-state index is 9.92. The summed E-state index contributed by atoms with van der Waals surface area (Å²) in [5, 5.41) is 9.92. The largest absolute Gasteiger partial charge is 0.479 e. The van der Waals surface area contributed by atoms with Gasteiger partial charge in [0.25, 0.3) is 0 Å². The van der Waals surface area contributed by atoms with Gasteiger partial charge in [0.15, 0.2) is 5.69 Å². The molecule has 0 amide bonds. The lowest BCUT2D eigenvalue weighted by Crippen LogP contribution is -1.84. The molecule has 3 rings (SSSR count). The van der Waals surface area contributed by atoms with Crippen molar-refractivity contribution in [1.29, 1.82) is 0 Å². The first-order valence-corrected chi connectivity index (χ1v) is 8.18. The number of aryl methyl sites for hydroxylation is 2. The highest BCUT2D eigenvalue weighted by Crippen LogP contribution is 2.27. The molecule has 4 nitrogen and oxygen atoms in total. The minimum atomic E-state index is -0.229. The van der Waals surface area contributed by atoms with Crippen molar-refractivity contribution in [3.05, 3.63) is 62.9 Å². The van der Waals surface area contributed by atoms with Gasteiger partial charge in [-0.3, -0.25) is 4.99 Å². The average Bonchev–Trinajstić information content (AvgIpc) is 2.88. The van der Waals surface area contributed by atoms with Gasteiger partial charge in [-0.2, -0.15) is 0 Å². The van der Waals surface area contributed by atoms with Gasteiger partial charge in [0.05, 0.1) is 11.9 Å². The van der Waals surface area contributed by atoms with Crippen LogP contribution in [0, 0.1) is 17.4 Å². The average molecular weight is 418 g/mol. The summed E-state index contributed by atoms with van der Waals surface area (Å²) in [5.74, 6) is 0.149. The minimum Gasteiger partial charge on any atom is -0.479 e. The van der Waals surface area contributed by atoms with Crippen molar-refractivity contribution in [3.8, 4) is 17.4 Å². The van der Waals surface area contributed by atoms with Crippen LogP contribution >= 0.6 is 22.6 Å². The molecule has 0 radical (unpaired) electrons. The van der Waals surface area contributed by atoms with Gasteiger partial charge in [0.2, 0.25) is 5.89 Å². The fraction of sp³-hybridized carbons (Fsp3) is 0.111. The molecule has 0 saturated heterocycles. The summed E-state index contributed by atoms with van der Waals surface area (Å²) in [4.78, 5) is 8.69. The van der Waals surface area contributed by atoms with E-state index >= 15 is 0 Å². The van der Waals surface area contributed by atoms with Gasteiger partial charge in [0, 0.05) is 9.13 Å². The van der Waals surface area contributed by atoms with Crippen LogP contribution in [-0.4, -0.2) is 16.3 Å². The highest BCUT2D eigenvalue weighted by molar-refractivity contribution is 14.1. The van der Waals surface area contributed by atoms with E-state index in [0.29, 0.717) is 11.6 Å². The monoisotopic (exact) mass is 418 g/mol. The van der Waals surface area contributed by atoms with Gasteiger partial charge in [-0.05, 0) is 72.3 Å². The number of aromatic hydroxyl groups is 1. The second kappa shape index (κ2) is 6.54. The van der Waals surface area contributed by atoms with Crippen LogP contribution in [0.4, 0.5) is 5.69 Å². The molecular weight excluding hydrogens is 403 g/mol. The Labute approximate surface area is 148 Å². The molecule has 3 aromatic rings. The van der Waals surface area contributed by atoms with Gasteiger partial charge in [-0.15, -0.1) is 0 Å². The van der Waals surface area contributed by atoms with E-state index in [1.165, 1.54) is 6.21 Å². The lowest BCUT2D eigenvalue weighted by Gasteiger charge is -1.99. The number of hydrogen-bond acceptors (Lipinski definition) is 4. The third-order valence-electron chi connectivity index (χ3n) is 3.42. The van der Waals surface area contributed by atoms with Gasteiger partial charge < -0.3 is 9.52 Å². The number of aliphatic imine (C=N–C) groups is 1. The normalized spacial score (nSPS) is 11.3. The predicted molar refractivity (Wildman–Crippen MR) is 99.5 cm³/mol. The Morgan fingerprint density at radius 2 is 1.87 bits per heavy atom. The molecule has 0 saturated carbocycles. The van der Waals surface area contributed by atoms with E-state index in [9.17, 15) is 5.11 Å². The van der Waals surface area contributed by atoms with Gasteiger partial charge >= 0.3 is 5.95 Å². The van der Waals surface area contributed by atoms with Crippen LogP contribution in [0.3, 0.4) is 0 Å². The maximum absolute atomic E-state index is 9.92. The van der Waals surface area contributed by atoms with E-state index < -0.39 is 0 Å². The van der Waals surface area contributed by atoms with E-state index in [-0.39, 0.29) is 5.95 Å². The Kier molecular flexibility index (Phi) is 4.47. The Morgan fingerprint density at radius 3 is 2.57 bits per heavy atom. The molecule has 23 heavy (non-hydrogen) atoms. The van der Waals surface area contributed by atoms with Crippen molar-refractivity contribution in [2.75, 3.05) is 0 Å². The molecule has 0 aliphatic rings. The fourth-order valence-electron chi connectivity index (χ4n) is 2.12. The number of benzene rings is 2. The summed E-state index contributed by atoms with van der Waals surface area (Å²) in [6, 6.07) is 13.7. The number of nitrogens with zero attached hydrogens (tertiary/aromatic N) is 2. The number of hydrogen-bond donors (Lipinski definition) is 1. The summed E-state index contributed by atoms with van der Waals surface area (Å²) in [7, 11) is 0. The molecule has 0 unspecified atom stereocenters. The Bertz CT molecular complexity index is 867.